The molecule has 1 aliphatic rings. The molecule has 1 aliphatic heterocycles. The lowest BCUT2D eigenvalue weighted by Crippen LogP contribution is -1.98. The van der Waals surface area contributed by atoms with Crippen LogP contribution in [-0.2, 0) is 9.47 Å². The summed E-state index contributed by atoms with van der Waals surface area (Å²) in [5.74, 6) is 1.60. The monoisotopic (exact) mass is 300 g/mol. The second-order valence-corrected chi connectivity index (χ2v) is 5.21. The quantitative estimate of drug-likeness (QED) is 0.766. The van der Waals surface area contributed by atoms with E-state index < -0.39 is 0 Å². The molecule has 0 bridgehead atoms. The van der Waals surface area contributed by atoms with Crippen LogP contribution >= 0.6 is 0 Å². The summed E-state index contributed by atoms with van der Waals surface area (Å²) >= 11 is 0. The molecule has 0 N–H and O–H groups in total. The van der Waals surface area contributed by atoms with Crippen LogP contribution in [0, 0.1) is 0 Å². The van der Waals surface area contributed by atoms with Gasteiger partial charge in [0.1, 0.15) is 23.7 Å². The van der Waals surface area contributed by atoms with Gasteiger partial charge in [0.15, 0.2) is 0 Å². The minimum Gasteiger partial charge on any atom is -0.496 e. The molecule has 2 aromatic carbocycles. The van der Waals surface area contributed by atoms with E-state index >= 15 is 0 Å². The number of benzene rings is 2. The highest BCUT2D eigenvalue weighted by molar-refractivity contribution is 5.77. The van der Waals surface area contributed by atoms with Crippen molar-refractivity contribution in [1.29, 1.82) is 0 Å². The number of hydrogen-bond donors (Lipinski definition) is 0. The third-order valence-electron chi connectivity index (χ3n) is 3.87. The van der Waals surface area contributed by atoms with Crippen molar-refractivity contribution in [2.75, 3.05) is 27.9 Å². The van der Waals surface area contributed by atoms with Crippen molar-refractivity contribution >= 4 is 0 Å². The molecule has 0 spiro atoms. The first-order valence-corrected chi connectivity index (χ1v) is 7.24. The molecule has 0 aromatic heterocycles. The summed E-state index contributed by atoms with van der Waals surface area (Å²) in [6.07, 6.45) is 0.324. The second-order valence-electron chi connectivity index (χ2n) is 5.21. The maximum absolute atomic E-state index is 5.60. The molecule has 4 nitrogen and oxygen atoms in total. The number of epoxide rings is 1. The molecule has 0 unspecified atom stereocenters. The molecule has 0 saturated carbocycles. The molecular weight excluding hydrogens is 280 g/mol. The lowest BCUT2D eigenvalue weighted by molar-refractivity contribution is 0.171. The van der Waals surface area contributed by atoms with E-state index in [4.69, 9.17) is 18.9 Å². The van der Waals surface area contributed by atoms with Crippen LogP contribution < -0.4 is 9.47 Å². The van der Waals surface area contributed by atoms with Crippen LogP contribution in [0.3, 0.4) is 0 Å². The Morgan fingerprint density at radius 2 is 1.55 bits per heavy atom. The third-order valence-corrected chi connectivity index (χ3v) is 3.87. The Labute approximate surface area is 130 Å². The van der Waals surface area contributed by atoms with Gasteiger partial charge < -0.3 is 18.9 Å². The zero-order chi connectivity index (χ0) is 15.5. The summed E-state index contributed by atoms with van der Waals surface area (Å²) in [4.78, 5) is 0. The Morgan fingerprint density at radius 3 is 2.09 bits per heavy atom. The number of hydrogen-bond acceptors (Lipinski definition) is 4. The van der Waals surface area contributed by atoms with Gasteiger partial charge in [-0.2, -0.15) is 0 Å². The molecule has 116 valence electrons. The summed E-state index contributed by atoms with van der Waals surface area (Å²) in [6.45, 7) is 0.632. The zero-order valence-corrected chi connectivity index (χ0v) is 13.0. The van der Waals surface area contributed by atoms with E-state index in [-0.39, 0.29) is 12.2 Å². The standard InChI is InChI=1S/C18H20O4/c1-19-11-16-18(22-16)13-9-7-12(8-10-13)17-14(20-2)5-4-6-15(17)21-3/h4-10,16,18H,11H2,1-3H3/t16-,18-/m0/s1. The third kappa shape index (κ3) is 2.80. The summed E-state index contributed by atoms with van der Waals surface area (Å²) < 4.78 is 21.6. The predicted molar refractivity (Wildman–Crippen MR) is 84.5 cm³/mol. The summed E-state index contributed by atoms with van der Waals surface area (Å²) in [5, 5.41) is 0. The van der Waals surface area contributed by atoms with Crippen molar-refractivity contribution in [1.82, 2.24) is 0 Å². The van der Waals surface area contributed by atoms with E-state index in [0.29, 0.717) is 6.61 Å². The normalized spacial score (nSPS) is 19.8. The molecule has 22 heavy (non-hydrogen) atoms. The Morgan fingerprint density at radius 1 is 0.909 bits per heavy atom. The Balaban J connectivity index is 1.88. The second kappa shape index (κ2) is 6.38. The molecular formula is C18H20O4. The summed E-state index contributed by atoms with van der Waals surface area (Å²) in [5.41, 5.74) is 3.19. The lowest BCUT2D eigenvalue weighted by Gasteiger charge is -2.13. The van der Waals surface area contributed by atoms with E-state index in [1.54, 1.807) is 21.3 Å². The maximum Gasteiger partial charge on any atom is 0.130 e. The first kappa shape index (κ1) is 14.9. The van der Waals surface area contributed by atoms with Gasteiger partial charge in [-0.25, -0.2) is 0 Å². The van der Waals surface area contributed by atoms with Gasteiger partial charge in [-0.05, 0) is 23.3 Å². The molecule has 1 heterocycles. The number of ether oxygens (including phenoxy) is 4. The van der Waals surface area contributed by atoms with Crippen molar-refractivity contribution in [2.24, 2.45) is 0 Å². The molecule has 0 radical (unpaired) electrons. The van der Waals surface area contributed by atoms with Gasteiger partial charge in [0.2, 0.25) is 0 Å². The topological polar surface area (TPSA) is 40.2 Å². The first-order chi connectivity index (χ1) is 10.8. The molecule has 2 atom stereocenters. The van der Waals surface area contributed by atoms with Crippen LogP contribution in [0.25, 0.3) is 11.1 Å². The van der Waals surface area contributed by atoms with Gasteiger partial charge in [-0.1, -0.05) is 30.3 Å². The molecule has 1 fully saturated rings. The zero-order valence-electron chi connectivity index (χ0n) is 13.0. The van der Waals surface area contributed by atoms with Crippen LogP contribution in [0.15, 0.2) is 42.5 Å². The number of methoxy groups -OCH3 is 3. The molecule has 3 rings (SSSR count). The summed E-state index contributed by atoms with van der Waals surface area (Å²) in [6, 6.07) is 14.1. The fourth-order valence-corrected chi connectivity index (χ4v) is 2.70. The van der Waals surface area contributed by atoms with Crippen LogP contribution in [0.4, 0.5) is 0 Å². The van der Waals surface area contributed by atoms with Crippen LogP contribution in [-0.4, -0.2) is 34.0 Å². The van der Waals surface area contributed by atoms with Crippen LogP contribution in [0.1, 0.15) is 11.7 Å². The minimum atomic E-state index is 0.147. The average molecular weight is 300 g/mol. The van der Waals surface area contributed by atoms with Gasteiger partial charge in [0.25, 0.3) is 0 Å². The largest absolute Gasteiger partial charge is 0.496 e. The molecule has 1 saturated heterocycles. The van der Waals surface area contributed by atoms with Crippen LogP contribution in [0.2, 0.25) is 0 Å². The molecule has 4 heteroatoms. The first-order valence-electron chi connectivity index (χ1n) is 7.24. The maximum atomic E-state index is 5.60. The van der Waals surface area contributed by atoms with E-state index in [1.165, 1.54) is 5.56 Å². The van der Waals surface area contributed by atoms with Crippen molar-refractivity contribution in [3.05, 3.63) is 48.0 Å². The molecule has 2 aromatic rings. The van der Waals surface area contributed by atoms with Gasteiger partial charge in [0.05, 0.1) is 26.4 Å². The van der Waals surface area contributed by atoms with Crippen LogP contribution in [0.5, 0.6) is 11.5 Å². The minimum absolute atomic E-state index is 0.147. The number of rotatable bonds is 6. The van der Waals surface area contributed by atoms with E-state index in [9.17, 15) is 0 Å². The summed E-state index contributed by atoms with van der Waals surface area (Å²) in [7, 11) is 5.02. The van der Waals surface area contributed by atoms with Gasteiger partial charge in [-0.15, -0.1) is 0 Å². The van der Waals surface area contributed by atoms with Gasteiger partial charge in [-0.3, -0.25) is 0 Å². The predicted octanol–water partition coefficient (Wildman–Crippen LogP) is 3.46. The van der Waals surface area contributed by atoms with E-state index in [2.05, 4.69) is 24.3 Å². The van der Waals surface area contributed by atoms with E-state index in [1.807, 2.05) is 18.2 Å². The smallest absolute Gasteiger partial charge is 0.130 e. The highest BCUT2D eigenvalue weighted by Gasteiger charge is 2.39. The fourth-order valence-electron chi connectivity index (χ4n) is 2.70. The Kier molecular flexibility index (Phi) is 4.32. The average Bonchev–Trinajstić information content (AvgIpc) is 3.34. The Bertz CT molecular complexity index is 614. The SMILES string of the molecule is COC[C@@H]1O[C@H]1c1ccc(-c2c(OC)cccc2OC)cc1. The highest BCUT2D eigenvalue weighted by Crippen LogP contribution is 2.42. The van der Waals surface area contributed by atoms with Crippen molar-refractivity contribution < 1.29 is 18.9 Å². The van der Waals surface area contributed by atoms with Gasteiger partial charge >= 0.3 is 0 Å². The lowest BCUT2D eigenvalue weighted by atomic mass is 10.0. The highest BCUT2D eigenvalue weighted by atomic mass is 16.6. The Hall–Kier alpha value is -2.04. The van der Waals surface area contributed by atoms with Gasteiger partial charge in [0, 0.05) is 7.11 Å². The van der Waals surface area contributed by atoms with Crippen molar-refractivity contribution in [2.45, 2.75) is 12.2 Å². The fraction of sp³-hybridized carbons (Fsp3) is 0.333. The van der Waals surface area contributed by atoms with Crippen molar-refractivity contribution in [3.8, 4) is 22.6 Å². The molecule has 0 amide bonds. The van der Waals surface area contributed by atoms with Crippen molar-refractivity contribution in [3.63, 3.8) is 0 Å². The molecule has 0 aliphatic carbocycles. The van der Waals surface area contributed by atoms with E-state index in [0.717, 1.165) is 22.6 Å².